The predicted octanol–water partition coefficient (Wildman–Crippen LogP) is 4.46. The van der Waals surface area contributed by atoms with E-state index >= 15 is 0 Å². The Bertz CT molecular complexity index is 789. The van der Waals surface area contributed by atoms with Gasteiger partial charge in [0.25, 0.3) is 0 Å². The molecule has 0 N–H and O–H groups in total. The second-order valence-electron chi connectivity index (χ2n) is 6.63. The van der Waals surface area contributed by atoms with Crippen LogP contribution in [0.5, 0.6) is 0 Å². The molecular formula is C20H20ClF3N2O. The molecule has 1 saturated heterocycles. The highest BCUT2D eigenvalue weighted by molar-refractivity contribution is 6.30. The van der Waals surface area contributed by atoms with Gasteiger partial charge in [-0.25, -0.2) is 0 Å². The van der Waals surface area contributed by atoms with Crippen LogP contribution < -0.4 is 4.90 Å². The fourth-order valence-electron chi connectivity index (χ4n) is 3.31. The molecule has 0 aromatic heterocycles. The minimum absolute atomic E-state index is 0.274. The molecule has 0 radical (unpaired) electrons. The Labute approximate surface area is 161 Å². The van der Waals surface area contributed by atoms with Crippen molar-refractivity contribution in [1.82, 2.24) is 4.90 Å². The zero-order chi connectivity index (χ0) is 19.4. The summed E-state index contributed by atoms with van der Waals surface area (Å²) < 4.78 is 38.7. The third kappa shape index (κ3) is 5.02. The molecule has 0 saturated carbocycles. The Morgan fingerprint density at radius 3 is 2.37 bits per heavy atom. The van der Waals surface area contributed by atoms with E-state index in [1.165, 1.54) is 12.1 Å². The predicted molar refractivity (Wildman–Crippen MR) is 100 cm³/mol. The van der Waals surface area contributed by atoms with Crippen LogP contribution >= 0.6 is 11.6 Å². The first-order valence-corrected chi connectivity index (χ1v) is 9.10. The summed E-state index contributed by atoms with van der Waals surface area (Å²) in [6, 6.07) is 12.7. The lowest BCUT2D eigenvalue weighted by Gasteiger charge is -2.37. The highest BCUT2D eigenvalue weighted by Crippen LogP contribution is 2.32. The van der Waals surface area contributed by atoms with Crippen LogP contribution in [-0.4, -0.2) is 43.9 Å². The van der Waals surface area contributed by atoms with Crippen LogP contribution in [0.15, 0.2) is 48.5 Å². The number of halogens is 4. The lowest BCUT2D eigenvalue weighted by atomic mass is 10.00. The lowest BCUT2D eigenvalue weighted by Crippen LogP contribution is -2.47. The van der Waals surface area contributed by atoms with E-state index in [1.54, 1.807) is 18.2 Å². The van der Waals surface area contributed by atoms with Crippen molar-refractivity contribution in [2.75, 3.05) is 37.6 Å². The number of piperazine rings is 1. The van der Waals surface area contributed by atoms with E-state index in [0.29, 0.717) is 43.4 Å². The number of aldehydes is 1. The summed E-state index contributed by atoms with van der Waals surface area (Å²) in [7, 11) is 0. The molecule has 1 heterocycles. The second kappa shape index (κ2) is 8.31. The van der Waals surface area contributed by atoms with Gasteiger partial charge in [0, 0.05) is 43.4 Å². The van der Waals surface area contributed by atoms with Gasteiger partial charge in [-0.3, -0.25) is 4.90 Å². The van der Waals surface area contributed by atoms with E-state index in [2.05, 4.69) is 4.90 Å². The molecule has 1 fully saturated rings. The average molecular weight is 397 g/mol. The number of anilines is 1. The van der Waals surface area contributed by atoms with E-state index in [4.69, 9.17) is 11.6 Å². The zero-order valence-corrected chi connectivity index (χ0v) is 15.4. The number of alkyl halides is 3. The van der Waals surface area contributed by atoms with Gasteiger partial charge in [-0.15, -0.1) is 0 Å². The minimum Gasteiger partial charge on any atom is -0.369 e. The first-order chi connectivity index (χ1) is 12.9. The molecule has 0 spiro atoms. The van der Waals surface area contributed by atoms with Crippen molar-refractivity contribution in [2.24, 2.45) is 0 Å². The van der Waals surface area contributed by atoms with Crippen LogP contribution in [0.3, 0.4) is 0 Å². The summed E-state index contributed by atoms with van der Waals surface area (Å²) >= 11 is 6.00. The van der Waals surface area contributed by atoms with Crippen molar-refractivity contribution in [3.8, 4) is 0 Å². The topological polar surface area (TPSA) is 23.6 Å². The van der Waals surface area contributed by atoms with Gasteiger partial charge in [0.05, 0.1) is 11.5 Å². The maximum atomic E-state index is 12.9. The zero-order valence-electron chi connectivity index (χ0n) is 14.6. The molecule has 2 aromatic carbocycles. The van der Waals surface area contributed by atoms with Gasteiger partial charge in [0.1, 0.15) is 6.29 Å². The van der Waals surface area contributed by atoms with Crippen LogP contribution in [-0.2, 0) is 11.0 Å². The van der Waals surface area contributed by atoms with E-state index < -0.39 is 11.7 Å². The molecule has 0 aliphatic carbocycles. The number of rotatable bonds is 5. The molecule has 0 bridgehead atoms. The fraction of sp³-hybridized carbons (Fsp3) is 0.350. The molecule has 1 atom stereocenters. The summed E-state index contributed by atoms with van der Waals surface area (Å²) in [4.78, 5) is 15.6. The first kappa shape index (κ1) is 19.7. The molecule has 7 heteroatoms. The number of nitrogens with zero attached hydrogens (tertiary/aromatic N) is 2. The van der Waals surface area contributed by atoms with Crippen LogP contribution in [0.1, 0.15) is 17.0 Å². The maximum absolute atomic E-state index is 12.9. The summed E-state index contributed by atoms with van der Waals surface area (Å²) in [6.45, 7) is 3.16. The third-order valence-electron chi connectivity index (χ3n) is 4.81. The van der Waals surface area contributed by atoms with E-state index in [-0.39, 0.29) is 5.92 Å². The van der Waals surface area contributed by atoms with Crippen LogP contribution in [0, 0.1) is 0 Å². The monoisotopic (exact) mass is 396 g/mol. The first-order valence-electron chi connectivity index (χ1n) is 8.72. The number of hydrogen-bond acceptors (Lipinski definition) is 3. The second-order valence-corrected chi connectivity index (χ2v) is 7.07. The van der Waals surface area contributed by atoms with Gasteiger partial charge < -0.3 is 9.69 Å². The Hall–Kier alpha value is -2.05. The molecule has 27 heavy (non-hydrogen) atoms. The van der Waals surface area contributed by atoms with E-state index in [1.807, 2.05) is 17.0 Å². The Morgan fingerprint density at radius 1 is 1.04 bits per heavy atom. The van der Waals surface area contributed by atoms with Gasteiger partial charge in [-0.1, -0.05) is 29.8 Å². The van der Waals surface area contributed by atoms with Gasteiger partial charge >= 0.3 is 6.18 Å². The van der Waals surface area contributed by atoms with Crippen molar-refractivity contribution in [3.63, 3.8) is 0 Å². The summed E-state index contributed by atoms with van der Waals surface area (Å²) in [5.41, 5.74) is 0.813. The molecule has 3 rings (SSSR count). The smallest absolute Gasteiger partial charge is 0.369 e. The maximum Gasteiger partial charge on any atom is 0.416 e. The lowest BCUT2D eigenvalue weighted by molar-refractivity contribution is -0.137. The van der Waals surface area contributed by atoms with Crippen molar-refractivity contribution < 1.29 is 18.0 Å². The molecule has 2 aromatic rings. The third-order valence-corrected chi connectivity index (χ3v) is 5.04. The summed E-state index contributed by atoms with van der Waals surface area (Å²) in [6.07, 6.45) is -3.42. The van der Waals surface area contributed by atoms with E-state index in [9.17, 15) is 18.0 Å². The Morgan fingerprint density at radius 2 is 1.74 bits per heavy atom. The number of benzene rings is 2. The molecule has 0 amide bonds. The number of hydrogen-bond donors (Lipinski definition) is 0. The van der Waals surface area contributed by atoms with Crippen molar-refractivity contribution in [2.45, 2.75) is 12.1 Å². The summed E-state index contributed by atoms with van der Waals surface area (Å²) in [5.74, 6) is -0.274. The SMILES string of the molecule is O=CC(CN1CCN(c2cccc(C(F)(F)F)c2)CC1)c1cccc(Cl)c1. The standard InChI is InChI=1S/C20H20ClF3N2O/c21-18-5-1-3-15(11-18)16(14-27)13-25-7-9-26(10-8-25)19-6-2-4-17(12-19)20(22,23)24/h1-6,11-12,14,16H,7-10,13H2. The van der Waals surface area contributed by atoms with Gasteiger partial charge in [-0.2, -0.15) is 13.2 Å². The van der Waals surface area contributed by atoms with Crippen molar-refractivity contribution in [3.05, 3.63) is 64.7 Å². The van der Waals surface area contributed by atoms with Crippen molar-refractivity contribution in [1.29, 1.82) is 0 Å². The largest absolute Gasteiger partial charge is 0.416 e. The van der Waals surface area contributed by atoms with Crippen molar-refractivity contribution >= 4 is 23.6 Å². The highest BCUT2D eigenvalue weighted by atomic mass is 35.5. The Balaban J connectivity index is 1.61. The Kier molecular flexibility index (Phi) is 6.07. The van der Waals surface area contributed by atoms with E-state index in [0.717, 1.165) is 17.9 Å². The van der Waals surface area contributed by atoms with Gasteiger partial charge in [0.2, 0.25) is 0 Å². The summed E-state index contributed by atoms with van der Waals surface area (Å²) in [5, 5.41) is 0.591. The fourth-order valence-corrected chi connectivity index (χ4v) is 3.51. The molecule has 144 valence electrons. The molecule has 3 nitrogen and oxygen atoms in total. The average Bonchev–Trinajstić information content (AvgIpc) is 2.66. The molecular weight excluding hydrogens is 377 g/mol. The molecule has 1 aliphatic heterocycles. The highest BCUT2D eigenvalue weighted by Gasteiger charge is 2.31. The van der Waals surface area contributed by atoms with Crippen LogP contribution in [0.25, 0.3) is 0 Å². The van der Waals surface area contributed by atoms with Gasteiger partial charge in [0.15, 0.2) is 0 Å². The number of carbonyl (C=O) groups excluding carboxylic acids is 1. The normalized spacial score (nSPS) is 17.0. The quantitative estimate of drug-likeness (QED) is 0.697. The molecule has 1 aliphatic rings. The van der Waals surface area contributed by atoms with Crippen LogP contribution in [0.4, 0.5) is 18.9 Å². The van der Waals surface area contributed by atoms with Crippen LogP contribution in [0.2, 0.25) is 5.02 Å². The number of carbonyl (C=O) groups is 1. The van der Waals surface area contributed by atoms with Gasteiger partial charge in [-0.05, 0) is 35.9 Å². The molecule has 1 unspecified atom stereocenters. The minimum atomic E-state index is -4.34.